The molecule has 10 heteroatoms. The highest BCUT2D eigenvalue weighted by Gasteiger charge is 2.33. The van der Waals surface area contributed by atoms with E-state index in [2.05, 4.69) is 20.3 Å². The molecule has 34 heavy (non-hydrogen) atoms. The van der Waals surface area contributed by atoms with Crippen LogP contribution < -0.4 is 20.7 Å². The number of hydrogen-bond donors (Lipinski definition) is 2. The zero-order valence-electron chi connectivity index (χ0n) is 20.5. The Kier molecular flexibility index (Phi) is 6.24. The predicted molar refractivity (Wildman–Crippen MR) is 131 cm³/mol. The molecule has 1 fully saturated rings. The topological polar surface area (TPSA) is 120 Å². The van der Waals surface area contributed by atoms with Crippen molar-refractivity contribution in [3.63, 3.8) is 0 Å². The molecule has 1 amide bonds. The van der Waals surface area contributed by atoms with Gasteiger partial charge in [0, 0.05) is 18.6 Å². The molecule has 10 nitrogen and oxygen atoms in total. The molecule has 1 aliphatic rings. The van der Waals surface area contributed by atoms with E-state index in [-0.39, 0.29) is 11.6 Å². The van der Waals surface area contributed by atoms with Gasteiger partial charge in [-0.15, -0.1) is 0 Å². The second-order valence-electron chi connectivity index (χ2n) is 9.97. The van der Waals surface area contributed by atoms with E-state index in [9.17, 15) is 4.79 Å². The second kappa shape index (κ2) is 9.00. The van der Waals surface area contributed by atoms with E-state index in [1.54, 1.807) is 18.0 Å². The van der Waals surface area contributed by atoms with Crippen molar-refractivity contribution in [1.82, 2.24) is 25.1 Å². The first-order chi connectivity index (χ1) is 16.0. The normalized spacial score (nSPS) is 15.9. The quantitative estimate of drug-likeness (QED) is 0.586. The number of nitrogen functional groups attached to an aromatic ring is 1. The van der Waals surface area contributed by atoms with Crippen LogP contribution in [0.4, 0.5) is 16.4 Å². The Morgan fingerprint density at radius 3 is 2.50 bits per heavy atom. The van der Waals surface area contributed by atoms with Gasteiger partial charge >= 0.3 is 6.09 Å². The van der Waals surface area contributed by atoms with Crippen molar-refractivity contribution in [3.05, 3.63) is 36.0 Å². The van der Waals surface area contributed by atoms with Gasteiger partial charge in [0.15, 0.2) is 17.0 Å². The monoisotopic (exact) mass is 467 g/mol. The maximum Gasteiger partial charge on any atom is 0.408 e. The third-order valence-corrected chi connectivity index (χ3v) is 5.94. The van der Waals surface area contributed by atoms with Crippen LogP contribution in [0.25, 0.3) is 11.2 Å². The smallest absolute Gasteiger partial charge is 0.408 e. The number of carbonyl (C=O) groups excluding carboxylic acids is 1. The number of nitrogens with one attached hydrogen (secondary N) is 1. The summed E-state index contributed by atoms with van der Waals surface area (Å²) in [6, 6.07) is 7.81. The van der Waals surface area contributed by atoms with Crippen LogP contribution in [0.15, 0.2) is 30.5 Å². The summed E-state index contributed by atoms with van der Waals surface area (Å²) >= 11 is 0. The van der Waals surface area contributed by atoms with E-state index < -0.39 is 5.60 Å². The van der Waals surface area contributed by atoms with E-state index >= 15 is 0 Å². The van der Waals surface area contributed by atoms with Crippen molar-refractivity contribution in [2.75, 3.05) is 30.8 Å². The van der Waals surface area contributed by atoms with Crippen LogP contribution >= 0.6 is 0 Å². The van der Waals surface area contributed by atoms with E-state index in [1.807, 2.05) is 52.0 Å². The van der Waals surface area contributed by atoms with E-state index in [0.29, 0.717) is 23.5 Å². The molecular weight excluding hydrogens is 434 g/mol. The minimum absolute atomic E-state index is 0.336. The van der Waals surface area contributed by atoms with Gasteiger partial charge in [-0.1, -0.05) is 12.1 Å². The fourth-order valence-corrected chi connectivity index (χ4v) is 4.03. The van der Waals surface area contributed by atoms with Gasteiger partial charge in [0.1, 0.15) is 17.2 Å². The summed E-state index contributed by atoms with van der Waals surface area (Å²) in [6.07, 6.45) is 2.88. The molecule has 0 spiro atoms. The van der Waals surface area contributed by atoms with Gasteiger partial charge in [0.25, 0.3) is 0 Å². The van der Waals surface area contributed by atoms with Gasteiger partial charge in [-0.25, -0.2) is 19.4 Å². The van der Waals surface area contributed by atoms with Gasteiger partial charge in [-0.3, -0.25) is 0 Å². The number of fused-ring (bicyclic) bond motifs is 1. The summed E-state index contributed by atoms with van der Waals surface area (Å²) in [4.78, 5) is 23.8. The Morgan fingerprint density at radius 2 is 1.88 bits per heavy atom. The average molecular weight is 468 g/mol. The third-order valence-electron chi connectivity index (χ3n) is 5.94. The van der Waals surface area contributed by atoms with E-state index in [4.69, 9.17) is 20.2 Å². The predicted octanol–water partition coefficient (Wildman–Crippen LogP) is 3.35. The van der Waals surface area contributed by atoms with Gasteiger partial charge in [0.2, 0.25) is 0 Å². The van der Waals surface area contributed by atoms with Crippen LogP contribution in [0.3, 0.4) is 0 Å². The van der Waals surface area contributed by atoms with Crippen molar-refractivity contribution in [2.24, 2.45) is 0 Å². The van der Waals surface area contributed by atoms with Crippen LogP contribution in [0.1, 0.15) is 46.1 Å². The molecule has 2 aromatic heterocycles. The Balaban J connectivity index is 1.47. The van der Waals surface area contributed by atoms with Gasteiger partial charge in [-0.05, 0) is 58.2 Å². The number of nitrogens with zero attached hydrogens (tertiary/aromatic N) is 5. The van der Waals surface area contributed by atoms with Crippen LogP contribution in [-0.4, -0.2) is 57.2 Å². The van der Waals surface area contributed by atoms with Crippen molar-refractivity contribution < 1.29 is 14.3 Å². The maximum absolute atomic E-state index is 12.3. The molecule has 3 heterocycles. The number of piperidine rings is 1. The van der Waals surface area contributed by atoms with Crippen LogP contribution in [0.5, 0.6) is 5.75 Å². The number of methoxy groups -OCH3 is 1. The number of anilines is 2. The summed E-state index contributed by atoms with van der Waals surface area (Å²) in [7, 11) is 1.64. The first-order valence-corrected chi connectivity index (χ1v) is 11.4. The molecule has 3 aromatic rings. The Hall–Kier alpha value is -3.56. The van der Waals surface area contributed by atoms with Crippen molar-refractivity contribution >= 4 is 28.9 Å². The number of ether oxygens (including phenoxy) is 2. The lowest BCUT2D eigenvalue weighted by Crippen LogP contribution is -2.54. The molecule has 1 aromatic carbocycles. The molecule has 1 aliphatic heterocycles. The molecule has 1 saturated heterocycles. The number of carbonyl (C=O) groups is 1. The van der Waals surface area contributed by atoms with Crippen molar-refractivity contribution in [1.29, 1.82) is 0 Å². The maximum atomic E-state index is 12.3. The van der Waals surface area contributed by atoms with Crippen LogP contribution in [0, 0.1) is 0 Å². The second-order valence-corrected chi connectivity index (χ2v) is 9.97. The number of rotatable bonds is 5. The highest BCUT2D eigenvalue weighted by atomic mass is 16.6. The number of benzene rings is 1. The standard InChI is InChI=1S/C24H33N7O3/c1-23(2,3)34-22(32)28-24(4)10-12-30(13-11-24)18-14-26-19-20(25)29-31(21(19)27-18)15-16-6-8-17(33-5)9-7-16/h6-9,14H,10-13,15H2,1-5H3,(H2,25,29)(H,28,32). The Morgan fingerprint density at radius 1 is 1.21 bits per heavy atom. The number of alkyl carbamates (subject to hydrolysis) is 1. The molecule has 0 radical (unpaired) electrons. The third kappa shape index (κ3) is 5.32. The number of amides is 1. The molecule has 3 N–H and O–H groups in total. The average Bonchev–Trinajstić information content (AvgIpc) is 3.08. The minimum atomic E-state index is -0.525. The molecular formula is C24H33N7O3. The molecule has 0 atom stereocenters. The fraction of sp³-hybridized carbons (Fsp3) is 0.500. The van der Waals surface area contributed by atoms with E-state index in [0.717, 1.165) is 43.1 Å². The first kappa shape index (κ1) is 23.6. The van der Waals surface area contributed by atoms with Crippen molar-refractivity contribution in [3.8, 4) is 5.75 Å². The Labute approximate surface area is 199 Å². The summed E-state index contributed by atoms with van der Waals surface area (Å²) in [5.74, 6) is 1.92. The lowest BCUT2D eigenvalue weighted by molar-refractivity contribution is 0.0448. The lowest BCUT2D eigenvalue weighted by Gasteiger charge is -2.40. The van der Waals surface area contributed by atoms with E-state index in [1.165, 1.54) is 0 Å². The molecule has 0 saturated carbocycles. The zero-order valence-corrected chi connectivity index (χ0v) is 20.5. The Bertz CT molecular complexity index is 1160. The summed E-state index contributed by atoms with van der Waals surface area (Å²) < 4.78 is 12.4. The van der Waals surface area contributed by atoms with Crippen LogP contribution in [0.2, 0.25) is 0 Å². The van der Waals surface area contributed by atoms with Crippen LogP contribution in [-0.2, 0) is 11.3 Å². The number of hydrogen-bond acceptors (Lipinski definition) is 8. The zero-order chi connectivity index (χ0) is 24.5. The molecule has 0 unspecified atom stereocenters. The first-order valence-electron chi connectivity index (χ1n) is 11.4. The van der Waals surface area contributed by atoms with Gasteiger partial charge < -0.3 is 25.4 Å². The summed E-state index contributed by atoms with van der Waals surface area (Å²) in [5, 5.41) is 7.49. The molecule has 182 valence electrons. The number of aromatic nitrogens is 4. The SMILES string of the molecule is COc1ccc(Cn2nc(N)c3ncc(N4CCC(C)(NC(=O)OC(C)(C)C)CC4)nc32)cc1. The molecule has 0 bridgehead atoms. The van der Waals surface area contributed by atoms with Gasteiger partial charge in [0.05, 0.1) is 19.9 Å². The summed E-state index contributed by atoms with van der Waals surface area (Å²) in [6.45, 7) is 9.61. The molecule has 0 aliphatic carbocycles. The number of nitrogens with two attached hydrogens (primary N) is 1. The highest BCUT2D eigenvalue weighted by molar-refractivity contribution is 5.83. The minimum Gasteiger partial charge on any atom is -0.497 e. The summed E-state index contributed by atoms with van der Waals surface area (Å²) in [5.41, 5.74) is 7.54. The molecule has 4 rings (SSSR count). The van der Waals surface area contributed by atoms with Gasteiger partial charge in [-0.2, -0.15) is 5.10 Å². The fourth-order valence-electron chi connectivity index (χ4n) is 4.03. The highest BCUT2D eigenvalue weighted by Crippen LogP contribution is 2.27. The largest absolute Gasteiger partial charge is 0.497 e. The van der Waals surface area contributed by atoms with Crippen molar-refractivity contribution in [2.45, 2.75) is 58.2 Å². The lowest BCUT2D eigenvalue weighted by atomic mass is 9.90.